The summed E-state index contributed by atoms with van der Waals surface area (Å²) in [7, 11) is 2.09. The highest BCUT2D eigenvalue weighted by molar-refractivity contribution is 5.67. The smallest absolute Gasteiger partial charge is 0.407 e. The van der Waals surface area contributed by atoms with E-state index in [1.807, 2.05) is 20.8 Å². The highest BCUT2D eigenvalue weighted by Crippen LogP contribution is 2.06. The summed E-state index contributed by atoms with van der Waals surface area (Å²) in [6.45, 7) is 9.02. The largest absolute Gasteiger partial charge is 0.444 e. The van der Waals surface area contributed by atoms with Gasteiger partial charge in [-0.3, -0.25) is 0 Å². The van der Waals surface area contributed by atoms with E-state index in [4.69, 9.17) is 10.5 Å². The van der Waals surface area contributed by atoms with Crippen LogP contribution in [0.1, 0.15) is 40.0 Å². The molecule has 0 aromatic rings. The molecule has 0 saturated carbocycles. The fourth-order valence-corrected chi connectivity index (χ4v) is 1.49. The molecule has 108 valence electrons. The molecule has 0 atom stereocenters. The Morgan fingerprint density at radius 2 is 1.83 bits per heavy atom. The second kappa shape index (κ2) is 9.16. The standard InChI is InChI=1S/C13H29N3O2/c1-13(2,3)18-12(17)15-9-7-11-16(4)10-6-5-8-14/h5-11,14H2,1-4H3,(H,15,17). The molecule has 5 nitrogen and oxygen atoms in total. The van der Waals surface area contributed by atoms with Crippen LogP contribution in [0.25, 0.3) is 0 Å². The summed E-state index contributed by atoms with van der Waals surface area (Å²) >= 11 is 0. The molecule has 0 aliphatic heterocycles. The lowest BCUT2D eigenvalue weighted by Gasteiger charge is -2.20. The van der Waals surface area contributed by atoms with Gasteiger partial charge in [0, 0.05) is 6.54 Å². The van der Waals surface area contributed by atoms with E-state index in [-0.39, 0.29) is 6.09 Å². The zero-order valence-corrected chi connectivity index (χ0v) is 12.3. The van der Waals surface area contributed by atoms with E-state index in [1.54, 1.807) is 0 Å². The average molecular weight is 259 g/mol. The Morgan fingerprint density at radius 3 is 2.39 bits per heavy atom. The van der Waals surface area contributed by atoms with E-state index >= 15 is 0 Å². The minimum absolute atomic E-state index is 0.340. The molecule has 1 amide bonds. The highest BCUT2D eigenvalue weighted by atomic mass is 16.6. The molecule has 0 aromatic heterocycles. The maximum atomic E-state index is 11.4. The van der Waals surface area contributed by atoms with E-state index in [0.29, 0.717) is 6.54 Å². The topological polar surface area (TPSA) is 67.6 Å². The quantitative estimate of drug-likeness (QED) is 0.649. The summed E-state index contributed by atoms with van der Waals surface area (Å²) in [5.41, 5.74) is 5.01. The third-order valence-electron chi connectivity index (χ3n) is 2.38. The number of nitrogens with two attached hydrogens (primary N) is 1. The number of rotatable bonds is 8. The number of hydrogen-bond donors (Lipinski definition) is 2. The SMILES string of the molecule is CN(CCCCN)CCCNC(=O)OC(C)(C)C. The Hall–Kier alpha value is -0.810. The van der Waals surface area contributed by atoms with Crippen LogP contribution in [-0.4, -0.2) is 49.8 Å². The zero-order valence-electron chi connectivity index (χ0n) is 12.3. The second-order valence-corrected chi connectivity index (χ2v) is 5.58. The molecule has 0 fully saturated rings. The highest BCUT2D eigenvalue weighted by Gasteiger charge is 2.15. The maximum Gasteiger partial charge on any atom is 0.407 e. The molecule has 0 aliphatic rings. The second-order valence-electron chi connectivity index (χ2n) is 5.58. The van der Waals surface area contributed by atoms with Crippen molar-refractivity contribution in [1.82, 2.24) is 10.2 Å². The summed E-state index contributed by atoms with van der Waals surface area (Å²) in [6.07, 6.45) is 2.79. The van der Waals surface area contributed by atoms with Gasteiger partial charge in [-0.1, -0.05) is 0 Å². The number of carbonyl (C=O) groups is 1. The molecule has 0 heterocycles. The van der Waals surface area contributed by atoms with E-state index in [9.17, 15) is 4.79 Å². The molecule has 0 radical (unpaired) electrons. The Bertz CT molecular complexity index is 227. The third kappa shape index (κ3) is 11.7. The number of amides is 1. The molecule has 0 aromatic carbocycles. The molecular formula is C13H29N3O2. The van der Waals surface area contributed by atoms with Crippen LogP contribution in [0.15, 0.2) is 0 Å². The van der Waals surface area contributed by atoms with Crippen molar-refractivity contribution in [3.8, 4) is 0 Å². The van der Waals surface area contributed by atoms with Gasteiger partial charge < -0.3 is 20.7 Å². The number of nitrogens with zero attached hydrogens (tertiary/aromatic N) is 1. The number of ether oxygens (including phenoxy) is 1. The predicted molar refractivity (Wildman–Crippen MR) is 74.6 cm³/mol. The van der Waals surface area contributed by atoms with Gasteiger partial charge in [0.25, 0.3) is 0 Å². The molecular weight excluding hydrogens is 230 g/mol. The van der Waals surface area contributed by atoms with Crippen molar-refractivity contribution < 1.29 is 9.53 Å². The molecule has 18 heavy (non-hydrogen) atoms. The molecule has 0 rings (SSSR count). The first kappa shape index (κ1) is 17.2. The maximum absolute atomic E-state index is 11.4. The van der Waals surface area contributed by atoms with Crippen molar-refractivity contribution in [3.63, 3.8) is 0 Å². The lowest BCUT2D eigenvalue weighted by molar-refractivity contribution is 0.0526. The van der Waals surface area contributed by atoms with Gasteiger partial charge >= 0.3 is 6.09 Å². The van der Waals surface area contributed by atoms with Crippen LogP contribution in [0.4, 0.5) is 4.79 Å². The van der Waals surface area contributed by atoms with Crippen LogP contribution < -0.4 is 11.1 Å². The van der Waals surface area contributed by atoms with Gasteiger partial charge in [-0.25, -0.2) is 4.79 Å². The van der Waals surface area contributed by atoms with Gasteiger partial charge in [-0.05, 0) is 66.7 Å². The number of nitrogens with one attached hydrogen (secondary N) is 1. The summed E-state index contributed by atoms with van der Waals surface area (Å²) in [5.74, 6) is 0. The summed E-state index contributed by atoms with van der Waals surface area (Å²) in [4.78, 5) is 13.6. The number of carbonyl (C=O) groups excluding carboxylic acids is 1. The first-order valence-electron chi connectivity index (χ1n) is 6.70. The zero-order chi connectivity index (χ0) is 14.0. The molecule has 0 unspecified atom stereocenters. The lowest BCUT2D eigenvalue weighted by atomic mass is 10.2. The number of alkyl carbamates (subject to hydrolysis) is 1. The van der Waals surface area contributed by atoms with Crippen LogP contribution in [0.5, 0.6) is 0 Å². The van der Waals surface area contributed by atoms with Crippen molar-refractivity contribution >= 4 is 6.09 Å². The van der Waals surface area contributed by atoms with Crippen LogP contribution >= 0.6 is 0 Å². The van der Waals surface area contributed by atoms with Gasteiger partial charge in [-0.2, -0.15) is 0 Å². The van der Waals surface area contributed by atoms with Crippen molar-refractivity contribution in [3.05, 3.63) is 0 Å². The van der Waals surface area contributed by atoms with Crippen molar-refractivity contribution in [1.29, 1.82) is 0 Å². The van der Waals surface area contributed by atoms with E-state index in [2.05, 4.69) is 17.3 Å². The van der Waals surface area contributed by atoms with Gasteiger partial charge in [0.05, 0.1) is 0 Å². The summed E-state index contributed by atoms with van der Waals surface area (Å²) in [5, 5.41) is 2.75. The van der Waals surface area contributed by atoms with Crippen molar-refractivity contribution in [2.45, 2.75) is 45.6 Å². The monoisotopic (exact) mass is 259 g/mol. The van der Waals surface area contributed by atoms with Crippen molar-refractivity contribution in [2.24, 2.45) is 5.73 Å². The molecule has 0 aliphatic carbocycles. The van der Waals surface area contributed by atoms with E-state index < -0.39 is 5.60 Å². The average Bonchev–Trinajstić information content (AvgIpc) is 2.22. The fourth-order valence-electron chi connectivity index (χ4n) is 1.49. The van der Waals surface area contributed by atoms with E-state index in [0.717, 1.165) is 38.9 Å². The Labute approximate surface area is 111 Å². The molecule has 0 saturated heterocycles. The fraction of sp³-hybridized carbons (Fsp3) is 0.923. The van der Waals surface area contributed by atoms with Crippen LogP contribution in [-0.2, 0) is 4.74 Å². The Kier molecular flexibility index (Phi) is 8.75. The lowest BCUT2D eigenvalue weighted by Crippen LogP contribution is -2.34. The first-order chi connectivity index (χ1) is 8.35. The van der Waals surface area contributed by atoms with Gasteiger partial charge in [0.2, 0.25) is 0 Å². The normalized spacial score (nSPS) is 11.7. The minimum Gasteiger partial charge on any atom is -0.444 e. The molecule has 5 heteroatoms. The van der Waals surface area contributed by atoms with Gasteiger partial charge in [0.1, 0.15) is 5.60 Å². The van der Waals surface area contributed by atoms with Gasteiger partial charge in [-0.15, -0.1) is 0 Å². The van der Waals surface area contributed by atoms with Crippen LogP contribution in [0.3, 0.4) is 0 Å². The minimum atomic E-state index is -0.427. The number of unbranched alkanes of at least 4 members (excludes halogenated alkanes) is 1. The molecule has 0 bridgehead atoms. The molecule has 3 N–H and O–H groups in total. The summed E-state index contributed by atoms with van der Waals surface area (Å²) in [6, 6.07) is 0. The predicted octanol–water partition coefficient (Wildman–Crippen LogP) is 1.57. The van der Waals surface area contributed by atoms with E-state index in [1.165, 1.54) is 0 Å². The van der Waals surface area contributed by atoms with Gasteiger partial charge in [0.15, 0.2) is 0 Å². The number of hydrogen-bond acceptors (Lipinski definition) is 4. The Morgan fingerprint density at radius 1 is 1.22 bits per heavy atom. The first-order valence-corrected chi connectivity index (χ1v) is 6.70. The summed E-state index contributed by atoms with van der Waals surface area (Å²) < 4.78 is 5.15. The van der Waals surface area contributed by atoms with Crippen LogP contribution in [0.2, 0.25) is 0 Å². The van der Waals surface area contributed by atoms with Crippen molar-refractivity contribution in [2.75, 3.05) is 33.2 Å². The Balaban J connectivity index is 3.47. The molecule has 0 spiro atoms. The van der Waals surface area contributed by atoms with Crippen LogP contribution in [0, 0.1) is 0 Å². The third-order valence-corrected chi connectivity index (χ3v) is 2.38.